The van der Waals surface area contributed by atoms with Crippen LogP contribution in [0.4, 0.5) is 0 Å². The molecule has 1 unspecified atom stereocenters. The van der Waals surface area contributed by atoms with Crippen LogP contribution >= 0.6 is 0 Å². The van der Waals surface area contributed by atoms with Crippen molar-refractivity contribution in [2.75, 3.05) is 40.5 Å². The zero-order chi connectivity index (χ0) is 20.9. The topological polar surface area (TPSA) is 84.3 Å². The molecule has 1 aromatic carbocycles. The van der Waals surface area contributed by atoms with E-state index in [-0.39, 0.29) is 6.54 Å². The normalized spacial score (nSPS) is 16.8. The predicted octanol–water partition coefficient (Wildman–Crippen LogP) is 3.03. The van der Waals surface area contributed by atoms with Crippen molar-refractivity contribution >= 4 is 5.96 Å². The Morgan fingerprint density at radius 2 is 1.72 bits per heavy atom. The number of ether oxygens (including phenoxy) is 3. The highest BCUT2D eigenvalue weighted by atomic mass is 16.5. The van der Waals surface area contributed by atoms with Gasteiger partial charge in [0.2, 0.25) is 0 Å². The van der Waals surface area contributed by atoms with Crippen LogP contribution in [0.1, 0.15) is 57.1 Å². The van der Waals surface area contributed by atoms with Gasteiger partial charge < -0.3 is 30.0 Å². The van der Waals surface area contributed by atoms with Crippen LogP contribution in [0.5, 0.6) is 11.5 Å². The van der Waals surface area contributed by atoms with E-state index < -0.39 is 6.10 Å². The van der Waals surface area contributed by atoms with Crippen LogP contribution in [0.25, 0.3) is 0 Å². The highest BCUT2D eigenvalue weighted by Crippen LogP contribution is 2.26. The molecule has 2 rings (SSSR count). The third-order valence-corrected chi connectivity index (χ3v) is 5.08. The summed E-state index contributed by atoms with van der Waals surface area (Å²) in [6, 6.07) is 5.37. The van der Waals surface area contributed by atoms with E-state index in [4.69, 9.17) is 14.2 Å². The van der Waals surface area contributed by atoms with Crippen molar-refractivity contribution in [3.8, 4) is 11.5 Å². The van der Waals surface area contributed by atoms with Gasteiger partial charge in [-0.1, -0.05) is 25.7 Å². The van der Waals surface area contributed by atoms with Crippen LogP contribution in [0, 0.1) is 0 Å². The molecule has 3 N–H and O–H groups in total. The third kappa shape index (κ3) is 8.50. The van der Waals surface area contributed by atoms with Crippen LogP contribution in [0.2, 0.25) is 0 Å². The van der Waals surface area contributed by atoms with Gasteiger partial charge in [-0.2, -0.15) is 0 Å². The summed E-state index contributed by atoms with van der Waals surface area (Å²) in [7, 11) is 3.18. The van der Waals surface area contributed by atoms with Gasteiger partial charge in [0.15, 0.2) is 5.96 Å². The summed E-state index contributed by atoms with van der Waals surface area (Å²) in [6.07, 6.45) is 7.19. The Morgan fingerprint density at radius 3 is 2.31 bits per heavy atom. The van der Waals surface area contributed by atoms with E-state index >= 15 is 0 Å². The fourth-order valence-electron chi connectivity index (χ4n) is 3.45. The van der Waals surface area contributed by atoms with Crippen LogP contribution < -0.4 is 20.1 Å². The Bertz CT molecular complexity index is 594. The van der Waals surface area contributed by atoms with Crippen LogP contribution in [-0.4, -0.2) is 57.6 Å². The fraction of sp³-hybridized carbons (Fsp3) is 0.682. The standard InChI is InChI=1S/C22H37N3O4/c1-4-23-22(24-11-12-29-18-9-7-5-6-8-10-18)25-16-21(26)17-13-19(27-2)15-20(14-17)28-3/h13-15,18,21,26H,4-12,16H2,1-3H3,(H2,23,24,25). The van der Waals surface area contributed by atoms with Gasteiger partial charge in [0.25, 0.3) is 0 Å². The molecule has 164 valence electrons. The number of nitrogens with one attached hydrogen (secondary N) is 2. The highest BCUT2D eigenvalue weighted by molar-refractivity contribution is 5.79. The molecule has 0 saturated heterocycles. The highest BCUT2D eigenvalue weighted by Gasteiger charge is 2.13. The minimum atomic E-state index is -0.753. The first-order valence-corrected chi connectivity index (χ1v) is 10.7. The summed E-state index contributed by atoms with van der Waals surface area (Å²) >= 11 is 0. The maximum Gasteiger partial charge on any atom is 0.191 e. The second kappa shape index (κ2) is 13.3. The van der Waals surface area contributed by atoms with Crippen LogP contribution in [0.3, 0.4) is 0 Å². The average molecular weight is 408 g/mol. The number of aliphatic hydroxyl groups excluding tert-OH is 1. The van der Waals surface area contributed by atoms with Gasteiger partial charge in [0, 0.05) is 19.2 Å². The van der Waals surface area contributed by atoms with E-state index in [1.54, 1.807) is 32.4 Å². The molecular weight excluding hydrogens is 370 g/mol. The van der Waals surface area contributed by atoms with Crippen LogP contribution in [0.15, 0.2) is 23.2 Å². The number of methoxy groups -OCH3 is 2. The van der Waals surface area contributed by atoms with Crippen molar-refractivity contribution in [2.45, 2.75) is 57.7 Å². The molecule has 0 bridgehead atoms. The van der Waals surface area contributed by atoms with Gasteiger partial charge in [-0.25, -0.2) is 0 Å². The van der Waals surface area contributed by atoms with Crippen molar-refractivity contribution in [1.29, 1.82) is 0 Å². The lowest BCUT2D eigenvalue weighted by atomic mass is 10.1. The Morgan fingerprint density at radius 1 is 1.07 bits per heavy atom. The van der Waals surface area contributed by atoms with Gasteiger partial charge >= 0.3 is 0 Å². The molecule has 7 heteroatoms. The second-order valence-electron chi connectivity index (χ2n) is 7.29. The van der Waals surface area contributed by atoms with Gasteiger partial charge in [-0.15, -0.1) is 0 Å². The summed E-state index contributed by atoms with van der Waals surface area (Å²) in [5.74, 6) is 1.96. The molecule has 7 nitrogen and oxygen atoms in total. The van der Waals surface area contributed by atoms with E-state index in [9.17, 15) is 5.11 Å². The lowest BCUT2D eigenvalue weighted by molar-refractivity contribution is 0.0468. The lowest BCUT2D eigenvalue weighted by Gasteiger charge is -2.17. The molecule has 1 aliphatic carbocycles. The molecule has 29 heavy (non-hydrogen) atoms. The zero-order valence-electron chi connectivity index (χ0n) is 18.1. The molecule has 0 amide bonds. The summed E-state index contributed by atoms with van der Waals surface area (Å²) < 4.78 is 16.6. The Balaban J connectivity index is 1.84. The minimum absolute atomic E-state index is 0.231. The smallest absolute Gasteiger partial charge is 0.191 e. The number of benzene rings is 1. The van der Waals surface area contributed by atoms with Crippen molar-refractivity contribution in [3.63, 3.8) is 0 Å². The fourth-order valence-corrected chi connectivity index (χ4v) is 3.45. The van der Waals surface area contributed by atoms with Gasteiger partial charge in [0.05, 0.1) is 39.6 Å². The molecule has 1 aliphatic rings. The largest absolute Gasteiger partial charge is 0.497 e. The van der Waals surface area contributed by atoms with Gasteiger partial charge in [0.1, 0.15) is 11.5 Å². The molecule has 1 fully saturated rings. The molecular formula is C22H37N3O4. The number of hydrogen-bond acceptors (Lipinski definition) is 5. The quantitative estimate of drug-likeness (QED) is 0.239. The molecule has 1 atom stereocenters. The van der Waals surface area contributed by atoms with Crippen molar-refractivity contribution in [3.05, 3.63) is 23.8 Å². The van der Waals surface area contributed by atoms with E-state index in [0.717, 1.165) is 6.54 Å². The van der Waals surface area contributed by atoms with Crippen molar-refractivity contribution < 1.29 is 19.3 Å². The molecule has 1 aromatic rings. The SMILES string of the molecule is CCNC(=NCC(O)c1cc(OC)cc(OC)c1)NCCOC1CCCCCC1. The number of aliphatic imine (C=N–C) groups is 1. The summed E-state index contributed by atoms with van der Waals surface area (Å²) in [5.41, 5.74) is 0.706. The molecule has 0 radical (unpaired) electrons. The summed E-state index contributed by atoms with van der Waals surface area (Å²) in [4.78, 5) is 4.51. The van der Waals surface area contributed by atoms with Crippen molar-refractivity contribution in [2.24, 2.45) is 4.99 Å². The zero-order valence-corrected chi connectivity index (χ0v) is 18.1. The maximum atomic E-state index is 10.5. The van der Waals surface area contributed by atoms with Gasteiger partial charge in [-0.05, 0) is 37.5 Å². The molecule has 1 saturated carbocycles. The average Bonchev–Trinajstić information content (AvgIpc) is 3.03. The van der Waals surface area contributed by atoms with E-state index in [1.165, 1.54) is 38.5 Å². The maximum absolute atomic E-state index is 10.5. The van der Waals surface area contributed by atoms with E-state index in [0.29, 0.717) is 42.3 Å². The minimum Gasteiger partial charge on any atom is -0.497 e. The number of rotatable bonds is 10. The first-order chi connectivity index (χ1) is 14.2. The predicted molar refractivity (Wildman–Crippen MR) is 116 cm³/mol. The van der Waals surface area contributed by atoms with Crippen molar-refractivity contribution in [1.82, 2.24) is 10.6 Å². The molecule has 0 aliphatic heterocycles. The number of guanidine groups is 1. The first-order valence-electron chi connectivity index (χ1n) is 10.7. The summed E-state index contributed by atoms with van der Waals surface area (Å²) in [5, 5.41) is 17.0. The van der Waals surface area contributed by atoms with Gasteiger partial charge in [-0.3, -0.25) is 4.99 Å². The molecule has 0 heterocycles. The summed E-state index contributed by atoms with van der Waals surface area (Å²) in [6.45, 7) is 4.34. The third-order valence-electron chi connectivity index (χ3n) is 5.08. The first kappa shape index (κ1) is 23.3. The van der Waals surface area contributed by atoms with E-state index in [1.807, 2.05) is 6.92 Å². The Kier molecular flexibility index (Phi) is 10.7. The Labute approximate surface area is 174 Å². The Hall–Kier alpha value is -1.99. The monoisotopic (exact) mass is 407 g/mol. The van der Waals surface area contributed by atoms with Crippen LogP contribution in [-0.2, 0) is 4.74 Å². The molecule has 0 aromatic heterocycles. The number of aliphatic hydroxyl groups is 1. The lowest BCUT2D eigenvalue weighted by Crippen LogP contribution is -2.39. The van der Waals surface area contributed by atoms with E-state index in [2.05, 4.69) is 15.6 Å². The molecule has 0 spiro atoms. The second-order valence-corrected chi connectivity index (χ2v) is 7.29. The number of nitrogens with zero attached hydrogens (tertiary/aromatic N) is 1. The number of hydrogen-bond donors (Lipinski definition) is 3.